The van der Waals surface area contributed by atoms with Gasteiger partial charge in [-0.3, -0.25) is 0 Å². The van der Waals surface area contributed by atoms with E-state index in [2.05, 4.69) is 0 Å². The van der Waals surface area contributed by atoms with Crippen LogP contribution in [0.1, 0.15) is 41.6 Å². The van der Waals surface area contributed by atoms with Crippen LogP contribution in [0.2, 0.25) is 0 Å². The molecule has 5 nitrogen and oxygen atoms in total. The van der Waals surface area contributed by atoms with Crippen LogP contribution >= 0.6 is 0 Å². The molecule has 5 heteroatoms. The van der Waals surface area contributed by atoms with Crippen LogP contribution < -0.4 is 4.74 Å². The largest absolute Gasteiger partial charge is 0.496 e. The van der Waals surface area contributed by atoms with Gasteiger partial charge in [-0.15, -0.1) is 0 Å². The molecular weight excluding hydrogens is 272 g/mol. The lowest BCUT2D eigenvalue weighted by Crippen LogP contribution is -2.27. The minimum absolute atomic E-state index is 0.164. The molecule has 2 atom stereocenters. The maximum absolute atomic E-state index is 11.2. The molecule has 0 aromatic heterocycles. The van der Waals surface area contributed by atoms with E-state index in [1.54, 1.807) is 19.2 Å². The van der Waals surface area contributed by atoms with Crippen LogP contribution in [0, 0.1) is 0 Å². The average molecular weight is 294 g/mol. The number of carbonyl (C=O) groups is 1. The van der Waals surface area contributed by atoms with E-state index in [0.29, 0.717) is 12.4 Å². The molecule has 2 unspecified atom stereocenters. The summed E-state index contributed by atoms with van der Waals surface area (Å²) in [5, 5.41) is 9.17. The lowest BCUT2D eigenvalue weighted by atomic mass is 9.95. The van der Waals surface area contributed by atoms with Gasteiger partial charge in [0.1, 0.15) is 11.3 Å². The second-order valence-electron chi connectivity index (χ2n) is 5.30. The normalized spacial score (nSPS) is 22.0. The predicted molar refractivity (Wildman–Crippen MR) is 77.8 cm³/mol. The maximum Gasteiger partial charge on any atom is 0.339 e. The number of carboxylic acid groups (broad SMARTS) is 1. The van der Waals surface area contributed by atoms with Gasteiger partial charge in [-0.05, 0) is 43.4 Å². The number of benzene rings is 1. The molecule has 0 saturated heterocycles. The van der Waals surface area contributed by atoms with Crippen LogP contribution in [0.25, 0.3) is 0 Å². The molecule has 1 aliphatic carbocycles. The zero-order valence-corrected chi connectivity index (χ0v) is 12.5. The molecule has 2 rings (SSSR count). The topological polar surface area (TPSA) is 65.0 Å². The van der Waals surface area contributed by atoms with Crippen molar-refractivity contribution in [1.82, 2.24) is 0 Å². The molecule has 1 fully saturated rings. The van der Waals surface area contributed by atoms with Crippen LogP contribution in [0.4, 0.5) is 0 Å². The first kappa shape index (κ1) is 15.8. The summed E-state index contributed by atoms with van der Waals surface area (Å²) in [5.41, 5.74) is 1.00. The van der Waals surface area contributed by atoms with Crippen LogP contribution in [0.5, 0.6) is 5.75 Å². The standard InChI is InChI=1S/C16H22O5/c1-19-12-4-3-5-13(9-12)21-10-11-6-7-15(20-2)14(8-11)16(17)18/h6-8,12-13H,3-5,9-10H2,1-2H3,(H,17,18). The van der Waals surface area contributed by atoms with E-state index in [4.69, 9.17) is 19.3 Å². The van der Waals surface area contributed by atoms with E-state index in [1.165, 1.54) is 7.11 Å². The van der Waals surface area contributed by atoms with E-state index in [0.717, 1.165) is 31.2 Å². The van der Waals surface area contributed by atoms with Gasteiger partial charge >= 0.3 is 5.97 Å². The van der Waals surface area contributed by atoms with Crippen LogP contribution in [0.3, 0.4) is 0 Å². The highest BCUT2D eigenvalue weighted by atomic mass is 16.5. The summed E-state index contributed by atoms with van der Waals surface area (Å²) >= 11 is 0. The van der Waals surface area contributed by atoms with Crippen molar-refractivity contribution in [2.45, 2.75) is 44.5 Å². The molecule has 1 saturated carbocycles. The quantitative estimate of drug-likeness (QED) is 0.874. The Morgan fingerprint density at radius 3 is 2.71 bits per heavy atom. The first-order chi connectivity index (χ1) is 10.1. The first-order valence-corrected chi connectivity index (χ1v) is 7.18. The van der Waals surface area contributed by atoms with Crippen molar-refractivity contribution in [1.29, 1.82) is 0 Å². The summed E-state index contributed by atoms with van der Waals surface area (Å²) in [6.07, 6.45) is 4.57. The summed E-state index contributed by atoms with van der Waals surface area (Å²) in [5.74, 6) is -0.630. The molecule has 0 radical (unpaired) electrons. The Kier molecular flexibility index (Phi) is 5.59. The number of ether oxygens (including phenoxy) is 3. The summed E-state index contributed by atoms with van der Waals surface area (Å²) < 4.78 is 16.3. The third kappa shape index (κ3) is 4.19. The van der Waals surface area contributed by atoms with Gasteiger partial charge < -0.3 is 19.3 Å². The Balaban J connectivity index is 1.97. The Morgan fingerprint density at radius 2 is 2.05 bits per heavy atom. The average Bonchev–Trinajstić information content (AvgIpc) is 2.52. The molecule has 1 N–H and O–H groups in total. The molecule has 0 amide bonds. The number of hydrogen-bond donors (Lipinski definition) is 1. The van der Waals surface area contributed by atoms with Crippen LogP contribution in [-0.2, 0) is 16.1 Å². The third-order valence-electron chi connectivity index (χ3n) is 3.89. The molecule has 21 heavy (non-hydrogen) atoms. The third-order valence-corrected chi connectivity index (χ3v) is 3.89. The highest BCUT2D eigenvalue weighted by Gasteiger charge is 2.22. The Labute approximate surface area is 124 Å². The van der Waals surface area contributed by atoms with Crippen molar-refractivity contribution in [2.75, 3.05) is 14.2 Å². The molecule has 1 aromatic rings. The molecule has 0 bridgehead atoms. The Morgan fingerprint density at radius 1 is 1.29 bits per heavy atom. The lowest BCUT2D eigenvalue weighted by Gasteiger charge is -2.28. The summed E-state index contributed by atoms with van der Waals surface area (Å²) in [6.45, 7) is 0.408. The van der Waals surface area contributed by atoms with E-state index < -0.39 is 5.97 Å². The van der Waals surface area contributed by atoms with Gasteiger partial charge in [0.25, 0.3) is 0 Å². The van der Waals surface area contributed by atoms with Crippen molar-refractivity contribution in [2.24, 2.45) is 0 Å². The maximum atomic E-state index is 11.2. The molecule has 0 aliphatic heterocycles. The van der Waals surface area contributed by atoms with Gasteiger partial charge in [-0.2, -0.15) is 0 Å². The van der Waals surface area contributed by atoms with Crippen molar-refractivity contribution in [3.8, 4) is 5.75 Å². The summed E-state index contributed by atoms with van der Waals surface area (Å²) in [7, 11) is 3.19. The monoisotopic (exact) mass is 294 g/mol. The van der Waals surface area contributed by atoms with E-state index in [9.17, 15) is 4.79 Å². The van der Waals surface area contributed by atoms with Crippen LogP contribution in [-0.4, -0.2) is 37.5 Å². The first-order valence-electron chi connectivity index (χ1n) is 7.18. The minimum atomic E-state index is -0.995. The van der Waals surface area contributed by atoms with Gasteiger partial charge in [-0.25, -0.2) is 4.79 Å². The van der Waals surface area contributed by atoms with Gasteiger partial charge in [0.15, 0.2) is 0 Å². The second kappa shape index (κ2) is 7.43. The van der Waals surface area contributed by atoms with E-state index >= 15 is 0 Å². The zero-order chi connectivity index (χ0) is 15.2. The zero-order valence-electron chi connectivity index (χ0n) is 12.5. The fourth-order valence-corrected chi connectivity index (χ4v) is 2.69. The van der Waals surface area contributed by atoms with E-state index in [1.807, 2.05) is 6.07 Å². The fourth-order valence-electron chi connectivity index (χ4n) is 2.69. The van der Waals surface area contributed by atoms with Crippen LogP contribution in [0.15, 0.2) is 18.2 Å². The highest BCUT2D eigenvalue weighted by molar-refractivity contribution is 5.91. The van der Waals surface area contributed by atoms with E-state index in [-0.39, 0.29) is 17.8 Å². The van der Waals surface area contributed by atoms with Gasteiger partial charge in [0.05, 0.1) is 25.9 Å². The van der Waals surface area contributed by atoms with Gasteiger partial charge in [0.2, 0.25) is 0 Å². The molecule has 0 spiro atoms. The van der Waals surface area contributed by atoms with Crippen molar-refractivity contribution >= 4 is 5.97 Å². The molecule has 1 aliphatic rings. The fraction of sp³-hybridized carbons (Fsp3) is 0.562. The number of hydrogen-bond acceptors (Lipinski definition) is 4. The second-order valence-corrected chi connectivity index (χ2v) is 5.30. The lowest BCUT2D eigenvalue weighted by molar-refractivity contribution is -0.0363. The Bertz CT molecular complexity index is 486. The summed E-state index contributed by atoms with van der Waals surface area (Å²) in [4.78, 5) is 11.2. The smallest absolute Gasteiger partial charge is 0.339 e. The van der Waals surface area contributed by atoms with Crippen molar-refractivity contribution in [3.05, 3.63) is 29.3 Å². The molecular formula is C16H22O5. The molecule has 1 aromatic carbocycles. The Hall–Kier alpha value is -1.59. The minimum Gasteiger partial charge on any atom is -0.496 e. The SMILES string of the molecule is COc1ccc(COC2CCCC(OC)C2)cc1C(=O)O. The van der Waals surface area contributed by atoms with Crippen molar-refractivity contribution < 1.29 is 24.1 Å². The highest BCUT2D eigenvalue weighted by Crippen LogP contribution is 2.25. The van der Waals surface area contributed by atoms with Gasteiger partial charge in [0, 0.05) is 7.11 Å². The number of carboxylic acids is 1. The number of methoxy groups -OCH3 is 2. The number of aromatic carboxylic acids is 1. The summed E-state index contributed by atoms with van der Waals surface area (Å²) in [6, 6.07) is 5.11. The molecule has 116 valence electrons. The number of rotatable bonds is 6. The van der Waals surface area contributed by atoms with Gasteiger partial charge in [-0.1, -0.05) is 6.07 Å². The van der Waals surface area contributed by atoms with Crippen molar-refractivity contribution in [3.63, 3.8) is 0 Å². The predicted octanol–water partition coefficient (Wildman–Crippen LogP) is 2.87. The molecule has 0 heterocycles.